The highest BCUT2D eigenvalue weighted by Gasteiger charge is 2.26. The van der Waals surface area contributed by atoms with Crippen LogP contribution in [-0.2, 0) is 29.1 Å². The first kappa shape index (κ1) is 22.2. The Hall–Kier alpha value is -2.97. The van der Waals surface area contributed by atoms with E-state index in [-0.39, 0.29) is 36.3 Å². The van der Waals surface area contributed by atoms with Gasteiger partial charge in [-0.05, 0) is 68.2 Å². The van der Waals surface area contributed by atoms with Crippen LogP contribution in [0.5, 0.6) is 5.75 Å². The van der Waals surface area contributed by atoms with Crippen LogP contribution < -0.4 is 15.6 Å². The number of hydrogen-bond donors (Lipinski definition) is 2. The second-order valence-electron chi connectivity index (χ2n) is 8.35. The van der Waals surface area contributed by atoms with Gasteiger partial charge in [-0.25, -0.2) is 0 Å². The van der Waals surface area contributed by atoms with Crippen LogP contribution in [0.25, 0.3) is 0 Å². The van der Waals surface area contributed by atoms with E-state index in [1.165, 1.54) is 0 Å². The van der Waals surface area contributed by atoms with Gasteiger partial charge in [-0.2, -0.15) is 0 Å². The van der Waals surface area contributed by atoms with Crippen LogP contribution in [0.1, 0.15) is 40.0 Å². The standard InChI is InChI=1S/C24H29N3O5/c1-31-20-4-2-16(3-5-20)23(29)17-6-9-27(10-7-17)14-22(28)25-13-19-12-18-8-11-32-15-21(18)24(30)26-19/h2-5,12,17H,6-11,13-15H2,1H3,(H,25,28)(H,26,30). The van der Waals surface area contributed by atoms with Gasteiger partial charge in [-0.15, -0.1) is 0 Å². The van der Waals surface area contributed by atoms with Gasteiger partial charge < -0.3 is 19.8 Å². The lowest BCUT2D eigenvalue weighted by molar-refractivity contribution is -0.122. The summed E-state index contributed by atoms with van der Waals surface area (Å²) in [6, 6.07) is 9.15. The van der Waals surface area contributed by atoms with Gasteiger partial charge in [0.1, 0.15) is 5.75 Å². The Balaban J connectivity index is 1.23. The molecule has 170 valence electrons. The summed E-state index contributed by atoms with van der Waals surface area (Å²) in [7, 11) is 1.60. The average Bonchev–Trinajstić information content (AvgIpc) is 2.83. The van der Waals surface area contributed by atoms with Gasteiger partial charge in [0.2, 0.25) is 5.91 Å². The molecule has 3 heterocycles. The Kier molecular flexibility index (Phi) is 7.02. The molecular weight excluding hydrogens is 410 g/mol. The Bertz CT molecular complexity index is 1020. The number of nitrogens with zero attached hydrogens (tertiary/aromatic N) is 1. The summed E-state index contributed by atoms with van der Waals surface area (Å²) >= 11 is 0. The monoisotopic (exact) mass is 439 g/mol. The van der Waals surface area contributed by atoms with Crippen molar-refractivity contribution in [2.45, 2.75) is 32.4 Å². The van der Waals surface area contributed by atoms with Crippen LogP contribution >= 0.6 is 0 Å². The number of carbonyl (C=O) groups is 2. The van der Waals surface area contributed by atoms with Crippen molar-refractivity contribution >= 4 is 11.7 Å². The van der Waals surface area contributed by atoms with E-state index in [1.807, 2.05) is 6.07 Å². The minimum Gasteiger partial charge on any atom is -0.497 e. The molecule has 2 aliphatic heterocycles. The van der Waals surface area contributed by atoms with E-state index in [2.05, 4.69) is 15.2 Å². The van der Waals surface area contributed by atoms with Gasteiger partial charge in [0.15, 0.2) is 5.78 Å². The van der Waals surface area contributed by atoms with Crippen LogP contribution in [0, 0.1) is 5.92 Å². The van der Waals surface area contributed by atoms with Crippen molar-refractivity contribution in [2.24, 2.45) is 5.92 Å². The molecule has 8 heteroatoms. The van der Waals surface area contributed by atoms with Crippen LogP contribution in [-0.4, -0.2) is 54.9 Å². The largest absolute Gasteiger partial charge is 0.497 e. The molecular formula is C24H29N3O5. The molecule has 1 aromatic heterocycles. The number of aromatic nitrogens is 1. The minimum absolute atomic E-state index is 0.0211. The first-order valence-electron chi connectivity index (χ1n) is 11.0. The number of piperidine rings is 1. The molecule has 0 saturated carbocycles. The van der Waals surface area contributed by atoms with Crippen LogP contribution in [0.3, 0.4) is 0 Å². The predicted octanol–water partition coefficient (Wildman–Crippen LogP) is 1.67. The highest BCUT2D eigenvalue weighted by molar-refractivity contribution is 5.98. The third-order valence-corrected chi connectivity index (χ3v) is 6.22. The zero-order valence-corrected chi connectivity index (χ0v) is 18.3. The highest BCUT2D eigenvalue weighted by Crippen LogP contribution is 2.23. The smallest absolute Gasteiger partial charge is 0.254 e. The van der Waals surface area contributed by atoms with Crippen molar-refractivity contribution in [1.82, 2.24) is 15.2 Å². The van der Waals surface area contributed by atoms with Crippen LogP contribution in [0.2, 0.25) is 0 Å². The fraction of sp³-hybridized carbons (Fsp3) is 0.458. The normalized spacial score (nSPS) is 16.9. The van der Waals surface area contributed by atoms with Gasteiger partial charge in [-0.1, -0.05) is 0 Å². The number of methoxy groups -OCH3 is 1. The maximum absolute atomic E-state index is 12.7. The number of rotatable bonds is 7. The van der Waals surface area contributed by atoms with Crippen LogP contribution in [0.4, 0.5) is 0 Å². The van der Waals surface area contributed by atoms with Crippen molar-refractivity contribution in [2.75, 3.05) is 33.4 Å². The van der Waals surface area contributed by atoms with Crippen molar-refractivity contribution in [3.63, 3.8) is 0 Å². The van der Waals surface area contributed by atoms with Gasteiger partial charge in [0.25, 0.3) is 5.56 Å². The SMILES string of the molecule is COc1ccc(C(=O)C2CCN(CC(=O)NCc3cc4c(c(=O)[nH]3)COCC4)CC2)cc1. The summed E-state index contributed by atoms with van der Waals surface area (Å²) in [5, 5.41) is 2.89. The number of likely N-dealkylation sites (tertiary alicyclic amines) is 1. The number of Topliss-reactive ketones (excluding diaryl/α,β-unsaturated/α-hetero) is 1. The van der Waals surface area contributed by atoms with Gasteiger partial charge >= 0.3 is 0 Å². The maximum Gasteiger partial charge on any atom is 0.254 e. The summed E-state index contributed by atoms with van der Waals surface area (Å²) in [4.78, 5) is 42.2. The third kappa shape index (κ3) is 5.26. The van der Waals surface area contributed by atoms with Gasteiger partial charge in [0, 0.05) is 22.7 Å². The summed E-state index contributed by atoms with van der Waals surface area (Å²) in [5.41, 5.74) is 2.93. The number of H-pyrrole nitrogens is 1. The molecule has 0 unspecified atom stereocenters. The number of aromatic amines is 1. The summed E-state index contributed by atoms with van der Waals surface area (Å²) < 4.78 is 10.5. The Morgan fingerprint density at radius 1 is 1.22 bits per heavy atom. The van der Waals surface area contributed by atoms with Gasteiger partial charge in [0.05, 0.1) is 33.4 Å². The molecule has 0 aliphatic carbocycles. The first-order valence-corrected chi connectivity index (χ1v) is 11.0. The number of benzene rings is 1. The molecule has 1 fully saturated rings. The topological polar surface area (TPSA) is 101 Å². The summed E-state index contributed by atoms with van der Waals surface area (Å²) in [6.07, 6.45) is 2.18. The Morgan fingerprint density at radius 3 is 2.69 bits per heavy atom. The van der Waals surface area contributed by atoms with E-state index in [0.717, 1.165) is 24.2 Å². The summed E-state index contributed by atoms with van der Waals surface area (Å²) in [6.45, 7) is 2.93. The van der Waals surface area contributed by atoms with Gasteiger partial charge in [-0.3, -0.25) is 19.3 Å². The number of nitrogens with one attached hydrogen (secondary N) is 2. The number of carbonyl (C=O) groups excluding carboxylic acids is 2. The molecule has 1 saturated heterocycles. The molecule has 32 heavy (non-hydrogen) atoms. The Morgan fingerprint density at radius 2 is 1.97 bits per heavy atom. The van der Waals surface area contributed by atoms with E-state index in [1.54, 1.807) is 31.4 Å². The lowest BCUT2D eigenvalue weighted by Gasteiger charge is -2.30. The third-order valence-electron chi connectivity index (χ3n) is 6.22. The molecule has 2 aliphatic rings. The highest BCUT2D eigenvalue weighted by atomic mass is 16.5. The molecule has 1 amide bonds. The van der Waals surface area contributed by atoms with Crippen molar-refractivity contribution < 1.29 is 19.1 Å². The fourth-order valence-corrected chi connectivity index (χ4v) is 4.33. The van der Waals surface area contributed by atoms with E-state index in [0.29, 0.717) is 49.5 Å². The van der Waals surface area contributed by atoms with E-state index in [4.69, 9.17) is 9.47 Å². The second kappa shape index (κ2) is 10.1. The number of fused-ring (bicyclic) bond motifs is 1. The number of ketones is 1. The van der Waals surface area contributed by atoms with Crippen molar-refractivity contribution in [1.29, 1.82) is 0 Å². The zero-order valence-electron chi connectivity index (χ0n) is 18.3. The molecule has 4 rings (SSSR count). The quantitative estimate of drug-likeness (QED) is 0.637. The first-order chi connectivity index (χ1) is 15.5. The number of hydrogen-bond acceptors (Lipinski definition) is 6. The average molecular weight is 440 g/mol. The van der Waals surface area contributed by atoms with E-state index < -0.39 is 0 Å². The lowest BCUT2D eigenvalue weighted by Crippen LogP contribution is -2.42. The maximum atomic E-state index is 12.7. The molecule has 0 spiro atoms. The molecule has 0 bridgehead atoms. The molecule has 8 nitrogen and oxygen atoms in total. The fourth-order valence-electron chi connectivity index (χ4n) is 4.33. The molecule has 0 atom stereocenters. The molecule has 1 aromatic carbocycles. The van der Waals surface area contributed by atoms with Crippen molar-refractivity contribution in [3.05, 3.63) is 63.1 Å². The Labute approximate surface area is 186 Å². The van der Waals surface area contributed by atoms with Crippen molar-refractivity contribution in [3.8, 4) is 5.75 Å². The number of amides is 1. The molecule has 2 N–H and O–H groups in total. The number of ether oxygens (including phenoxy) is 2. The van der Waals surface area contributed by atoms with Crippen LogP contribution in [0.15, 0.2) is 35.1 Å². The minimum atomic E-state index is -0.143. The summed E-state index contributed by atoms with van der Waals surface area (Å²) in [5.74, 6) is 0.772. The lowest BCUT2D eigenvalue weighted by atomic mass is 9.89. The molecule has 0 radical (unpaired) electrons. The zero-order chi connectivity index (χ0) is 22.5. The van der Waals surface area contributed by atoms with E-state index in [9.17, 15) is 14.4 Å². The number of pyridine rings is 1. The molecule has 2 aromatic rings. The predicted molar refractivity (Wildman–Crippen MR) is 119 cm³/mol. The van der Waals surface area contributed by atoms with E-state index >= 15 is 0 Å². The second-order valence-corrected chi connectivity index (χ2v) is 8.35.